The van der Waals surface area contributed by atoms with Crippen LogP contribution in [0.5, 0.6) is 0 Å². The average Bonchev–Trinajstić information content (AvgIpc) is 2.56. The Bertz CT molecular complexity index is 230. The summed E-state index contributed by atoms with van der Waals surface area (Å²) in [6.45, 7) is 0.875. The fourth-order valence-electron chi connectivity index (χ4n) is 0.952. The first-order chi connectivity index (χ1) is 5.84. The monoisotopic (exact) mass is 167 g/mol. The van der Waals surface area contributed by atoms with E-state index in [1.54, 1.807) is 12.4 Å². The fraction of sp³-hybridized carbons (Fsp3) is 0.500. The molecule has 0 aliphatic heterocycles. The van der Waals surface area contributed by atoms with Crippen molar-refractivity contribution in [2.24, 2.45) is 0 Å². The molecule has 12 heavy (non-hydrogen) atoms. The van der Waals surface area contributed by atoms with Crippen molar-refractivity contribution in [2.45, 2.75) is 12.8 Å². The summed E-state index contributed by atoms with van der Waals surface area (Å²) >= 11 is 0. The minimum Gasteiger partial charge on any atom is -0.320 e. The maximum absolute atomic E-state index is 11.3. The van der Waals surface area contributed by atoms with Crippen molar-refractivity contribution in [3.63, 3.8) is 0 Å². The summed E-state index contributed by atoms with van der Waals surface area (Å²) in [6, 6.07) is 0. The van der Waals surface area contributed by atoms with E-state index in [0.717, 1.165) is 13.0 Å². The van der Waals surface area contributed by atoms with Gasteiger partial charge in [0.1, 0.15) is 6.33 Å². The highest BCUT2D eigenvalue weighted by molar-refractivity contribution is 5.78. The molecule has 0 saturated heterocycles. The first kappa shape index (κ1) is 8.93. The van der Waals surface area contributed by atoms with Crippen LogP contribution >= 0.6 is 0 Å². The molecular weight excluding hydrogens is 154 g/mol. The Morgan fingerprint density at radius 3 is 3.08 bits per heavy atom. The van der Waals surface area contributed by atoms with Gasteiger partial charge in [-0.05, 0) is 20.0 Å². The smallest absolute Gasteiger partial charge is 0.231 e. The molecule has 4 heteroatoms. The summed E-state index contributed by atoms with van der Waals surface area (Å²) in [7, 11) is 1.88. The molecule has 0 saturated carbocycles. The Labute approximate surface area is 71.6 Å². The van der Waals surface area contributed by atoms with Crippen LogP contribution in [0.25, 0.3) is 0 Å². The number of rotatable bonds is 4. The molecule has 0 aliphatic rings. The first-order valence-corrected chi connectivity index (χ1v) is 4.00. The van der Waals surface area contributed by atoms with Gasteiger partial charge in [-0.25, -0.2) is 4.98 Å². The molecule has 0 atom stereocenters. The fourth-order valence-corrected chi connectivity index (χ4v) is 0.952. The highest BCUT2D eigenvalue weighted by atomic mass is 16.2. The third kappa shape index (κ3) is 2.47. The molecule has 0 amide bonds. The van der Waals surface area contributed by atoms with Gasteiger partial charge < -0.3 is 5.32 Å². The van der Waals surface area contributed by atoms with Crippen LogP contribution < -0.4 is 5.32 Å². The first-order valence-electron chi connectivity index (χ1n) is 4.00. The summed E-state index contributed by atoms with van der Waals surface area (Å²) in [5, 5.41) is 2.99. The van der Waals surface area contributed by atoms with E-state index in [4.69, 9.17) is 0 Å². The predicted octanol–water partition coefficient (Wildman–Crippen LogP) is 0.523. The second kappa shape index (κ2) is 4.66. The normalized spacial score (nSPS) is 10.1. The number of hydrogen-bond acceptors (Lipinski definition) is 3. The van der Waals surface area contributed by atoms with Crippen molar-refractivity contribution in [3.8, 4) is 0 Å². The van der Waals surface area contributed by atoms with E-state index in [2.05, 4.69) is 10.3 Å². The van der Waals surface area contributed by atoms with E-state index in [-0.39, 0.29) is 5.91 Å². The van der Waals surface area contributed by atoms with Gasteiger partial charge in [0.15, 0.2) is 0 Å². The zero-order valence-electron chi connectivity index (χ0n) is 7.16. The van der Waals surface area contributed by atoms with Crippen LogP contribution in [-0.2, 0) is 0 Å². The second-order valence-corrected chi connectivity index (χ2v) is 2.57. The maximum atomic E-state index is 11.3. The zero-order chi connectivity index (χ0) is 8.81. The Kier molecular flexibility index (Phi) is 3.47. The molecule has 0 bridgehead atoms. The number of nitrogens with zero attached hydrogens (tertiary/aromatic N) is 2. The van der Waals surface area contributed by atoms with Gasteiger partial charge in [0.2, 0.25) is 5.91 Å². The van der Waals surface area contributed by atoms with Gasteiger partial charge in [0.05, 0.1) is 0 Å². The van der Waals surface area contributed by atoms with Crippen molar-refractivity contribution in [2.75, 3.05) is 13.6 Å². The zero-order valence-corrected chi connectivity index (χ0v) is 7.16. The van der Waals surface area contributed by atoms with Crippen molar-refractivity contribution >= 4 is 5.91 Å². The topological polar surface area (TPSA) is 46.9 Å². The van der Waals surface area contributed by atoms with Crippen LogP contribution in [0.3, 0.4) is 0 Å². The van der Waals surface area contributed by atoms with Gasteiger partial charge in [0.25, 0.3) is 0 Å². The number of aromatic nitrogens is 2. The van der Waals surface area contributed by atoms with E-state index in [0.29, 0.717) is 6.42 Å². The van der Waals surface area contributed by atoms with Crippen LogP contribution in [-0.4, -0.2) is 29.1 Å². The van der Waals surface area contributed by atoms with E-state index < -0.39 is 0 Å². The molecule has 1 N–H and O–H groups in total. The van der Waals surface area contributed by atoms with Crippen molar-refractivity contribution < 1.29 is 4.79 Å². The number of carbonyl (C=O) groups excluding carboxylic acids is 1. The average molecular weight is 167 g/mol. The minimum atomic E-state index is 0.0998. The summed E-state index contributed by atoms with van der Waals surface area (Å²) in [6.07, 6.45) is 6.24. The lowest BCUT2D eigenvalue weighted by atomic mass is 10.3. The number of carbonyl (C=O) groups is 1. The summed E-state index contributed by atoms with van der Waals surface area (Å²) in [5.41, 5.74) is 0. The number of hydrogen-bond donors (Lipinski definition) is 1. The SMILES string of the molecule is CNCCCC(=O)n1ccnc1. The molecule has 4 nitrogen and oxygen atoms in total. The van der Waals surface area contributed by atoms with E-state index in [9.17, 15) is 4.79 Å². The molecule has 1 heterocycles. The van der Waals surface area contributed by atoms with E-state index in [1.165, 1.54) is 10.9 Å². The quantitative estimate of drug-likeness (QED) is 0.665. The second-order valence-electron chi connectivity index (χ2n) is 2.57. The van der Waals surface area contributed by atoms with Gasteiger partial charge in [-0.3, -0.25) is 9.36 Å². The minimum absolute atomic E-state index is 0.0998. The van der Waals surface area contributed by atoms with E-state index in [1.807, 2.05) is 7.05 Å². The molecule has 0 spiro atoms. The maximum Gasteiger partial charge on any atom is 0.231 e. The van der Waals surface area contributed by atoms with Gasteiger partial charge in [-0.1, -0.05) is 0 Å². The highest BCUT2D eigenvalue weighted by Gasteiger charge is 2.01. The number of imidazole rings is 1. The third-order valence-electron chi connectivity index (χ3n) is 1.61. The molecule has 0 unspecified atom stereocenters. The molecule has 0 radical (unpaired) electrons. The van der Waals surface area contributed by atoms with Crippen LogP contribution in [0.2, 0.25) is 0 Å². The summed E-state index contributed by atoms with van der Waals surface area (Å²) in [5.74, 6) is 0.0998. The molecule has 1 aromatic heterocycles. The third-order valence-corrected chi connectivity index (χ3v) is 1.61. The Balaban J connectivity index is 2.30. The molecule has 1 rings (SSSR count). The molecular formula is C8H13N3O. The number of nitrogens with one attached hydrogen (secondary N) is 1. The largest absolute Gasteiger partial charge is 0.320 e. The van der Waals surface area contributed by atoms with Crippen LogP contribution in [0.15, 0.2) is 18.7 Å². The van der Waals surface area contributed by atoms with Crippen molar-refractivity contribution in [1.29, 1.82) is 0 Å². The Hall–Kier alpha value is -1.16. The van der Waals surface area contributed by atoms with Crippen LogP contribution in [0, 0.1) is 0 Å². The summed E-state index contributed by atoms with van der Waals surface area (Å²) in [4.78, 5) is 15.1. The predicted molar refractivity (Wildman–Crippen MR) is 46.0 cm³/mol. The van der Waals surface area contributed by atoms with Gasteiger partial charge in [0, 0.05) is 18.8 Å². The Morgan fingerprint density at radius 1 is 1.67 bits per heavy atom. The van der Waals surface area contributed by atoms with E-state index >= 15 is 0 Å². The van der Waals surface area contributed by atoms with Crippen molar-refractivity contribution in [1.82, 2.24) is 14.9 Å². The van der Waals surface area contributed by atoms with Gasteiger partial charge >= 0.3 is 0 Å². The molecule has 1 aromatic rings. The van der Waals surface area contributed by atoms with Crippen LogP contribution in [0.4, 0.5) is 0 Å². The molecule has 66 valence electrons. The van der Waals surface area contributed by atoms with Crippen LogP contribution in [0.1, 0.15) is 17.6 Å². The molecule has 0 aromatic carbocycles. The lowest BCUT2D eigenvalue weighted by Crippen LogP contribution is -2.13. The van der Waals surface area contributed by atoms with Gasteiger partial charge in [-0.15, -0.1) is 0 Å². The lowest BCUT2D eigenvalue weighted by molar-refractivity contribution is 0.0900. The lowest BCUT2D eigenvalue weighted by Gasteiger charge is -1.99. The van der Waals surface area contributed by atoms with Gasteiger partial charge in [-0.2, -0.15) is 0 Å². The standard InChI is InChI=1S/C8H13N3O/c1-9-4-2-3-8(12)11-6-5-10-7-11/h5-7,9H,2-4H2,1H3. The Morgan fingerprint density at radius 2 is 2.50 bits per heavy atom. The summed E-state index contributed by atoms with van der Waals surface area (Å²) < 4.78 is 1.51. The highest BCUT2D eigenvalue weighted by Crippen LogP contribution is 1.94. The van der Waals surface area contributed by atoms with Crippen molar-refractivity contribution in [3.05, 3.63) is 18.7 Å². The molecule has 0 fully saturated rings. The molecule has 0 aliphatic carbocycles.